The standard InChI is InChI=1S/C14H9ClN4O/c1-8-17-13-10(9-6-4-3-5-7-9)11(16-2)12(15)19(13)14(20)18-8/h3-7H,1H3,(H,17,18,20). The van der Waals surface area contributed by atoms with Gasteiger partial charge < -0.3 is 0 Å². The van der Waals surface area contributed by atoms with Crippen LogP contribution in [0.5, 0.6) is 0 Å². The summed E-state index contributed by atoms with van der Waals surface area (Å²) in [4.78, 5) is 22.4. The molecule has 0 radical (unpaired) electrons. The number of aryl methyl sites for hydroxylation is 1. The number of H-pyrrole nitrogens is 1. The molecule has 0 unspecified atom stereocenters. The average molecular weight is 285 g/mol. The Morgan fingerprint density at radius 2 is 2.05 bits per heavy atom. The Balaban J connectivity index is 2.55. The molecule has 98 valence electrons. The van der Waals surface area contributed by atoms with Crippen molar-refractivity contribution in [2.75, 3.05) is 0 Å². The number of nitrogens with zero attached hydrogens (tertiary/aromatic N) is 3. The molecule has 2 aromatic heterocycles. The van der Waals surface area contributed by atoms with E-state index in [9.17, 15) is 4.79 Å². The number of fused-ring (bicyclic) bond motifs is 1. The Labute approximate surface area is 119 Å². The fraction of sp³-hybridized carbons (Fsp3) is 0.0714. The number of hydrogen-bond donors (Lipinski definition) is 1. The predicted molar refractivity (Wildman–Crippen MR) is 77.3 cm³/mol. The first-order chi connectivity index (χ1) is 9.63. The molecular weight excluding hydrogens is 276 g/mol. The van der Waals surface area contributed by atoms with Gasteiger partial charge in [0.05, 0.1) is 6.57 Å². The summed E-state index contributed by atoms with van der Waals surface area (Å²) in [7, 11) is 0. The zero-order valence-electron chi connectivity index (χ0n) is 10.5. The molecule has 3 aromatic rings. The van der Waals surface area contributed by atoms with E-state index >= 15 is 0 Å². The fourth-order valence-corrected chi connectivity index (χ4v) is 2.47. The second kappa shape index (κ2) is 4.51. The molecular formula is C14H9ClN4O. The van der Waals surface area contributed by atoms with E-state index in [1.54, 1.807) is 6.92 Å². The van der Waals surface area contributed by atoms with Crippen molar-refractivity contribution in [1.29, 1.82) is 0 Å². The van der Waals surface area contributed by atoms with Crippen molar-refractivity contribution in [2.45, 2.75) is 6.92 Å². The quantitative estimate of drug-likeness (QED) is 0.698. The van der Waals surface area contributed by atoms with Gasteiger partial charge in [-0.25, -0.2) is 19.0 Å². The van der Waals surface area contributed by atoms with Gasteiger partial charge in [-0.2, -0.15) is 0 Å². The SMILES string of the molecule is [C-]#[N+]c1c(-c2ccccc2)c2nc(C)[nH]c(=O)n2c1Cl. The number of rotatable bonds is 1. The molecule has 20 heavy (non-hydrogen) atoms. The van der Waals surface area contributed by atoms with Crippen LogP contribution in [0, 0.1) is 13.5 Å². The van der Waals surface area contributed by atoms with Crippen LogP contribution in [-0.4, -0.2) is 14.4 Å². The van der Waals surface area contributed by atoms with Crippen molar-refractivity contribution in [3.05, 3.63) is 63.2 Å². The largest absolute Gasteiger partial charge is 0.332 e. The maximum atomic E-state index is 12.0. The summed E-state index contributed by atoms with van der Waals surface area (Å²) in [6.45, 7) is 9.01. The Kier molecular flexibility index (Phi) is 2.81. The minimum atomic E-state index is -0.399. The number of nitrogens with one attached hydrogen (secondary N) is 1. The molecule has 5 nitrogen and oxygen atoms in total. The van der Waals surface area contributed by atoms with Gasteiger partial charge in [-0.15, -0.1) is 0 Å². The van der Waals surface area contributed by atoms with E-state index in [1.807, 2.05) is 30.3 Å². The van der Waals surface area contributed by atoms with Crippen LogP contribution >= 0.6 is 11.6 Å². The zero-order valence-corrected chi connectivity index (χ0v) is 11.3. The lowest BCUT2D eigenvalue weighted by molar-refractivity contribution is 0.913. The lowest BCUT2D eigenvalue weighted by Crippen LogP contribution is -2.18. The van der Waals surface area contributed by atoms with Gasteiger partial charge in [0.25, 0.3) is 0 Å². The third-order valence-corrected chi connectivity index (χ3v) is 3.35. The predicted octanol–water partition coefficient (Wildman–Crippen LogP) is 3.20. The van der Waals surface area contributed by atoms with E-state index in [4.69, 9.17) is 18.2 Å². The normalized spacial score (nSPS) is 10.7. The van der Waals surface area contributed by atoms with Crippen LogP contribution in [0.3, 0.4) is 0 Å². The van der Waals surface area contributed by atoms with Crippen LogP contribution in [0.1, 0.15) is 5.82 Å². The van der Waals surface area contributed by atoms with Crippen molar-refractivity contribution >= 4 is 22.9 Å². The maximum absolute atomic E-state index is 12.0. The summed E-state index contributed by atoms with van der Waals surface area (Å²) >= 11 is 6.16. The minimum absolute atomic E-state index is 0.0857. The maximum Gasteiger partial charge on any atom is 0.332 e. The van der Waals surface area contributed by atoms with Crippen molar-refractivity contribution < 1.29 is 0 Å². The third-order valence-electron chi connectivity index (χ3n) is 3.00. The molecule has 0 fully saturated rings. The van der Waals surface area contributed by atoms with E-state index in [0.717, 1.165) is 5.56 Å². The number of hydrogen-bond acceptors (Lipinski definition) is 2. The van der Waals surface area contributed by atoms with Crippen LogP contribution < -0.4 is 5.69 Å². The molecule has 0 aliphatic heterocycles. The number of benzene rings is 1. The highest BCUT2D eigenvalue weighted by Crippen LogP contribution is 2.40. The second-order valence-corrected chi connectivity index (χ2v) is 4.64. The molecule has 6 heteroatoms. The molecule has 0 spiro atoms. The number of aromatic amines is 1. The van der Waals surface area contributed by atoms with Gasteiger partial charge in [-0.3, -0.25) is 4.98 Å². The highest BCUT2D eigenvalue weighted by Gasteiger charge is 2.21. The first-order valence-corrected chi connectivity index (χ1v) is 6.25. The number of halogens is 1. The second-order valence-electron chi connectivity index (χ2n) is 4.28. The lowest BCUT2D eigenvalue weighted by Gasteiger charge is -2.01. The number of aromatic nitrogens is 3. The molecule has 0 saturated carbocycles. The third kappa shape index (κ3) is 1.70. The Morgan fingerprint density at radius 1 is 1.35 bits per heavy atom. The van der Waals surface area contributed by atoms with Gasteiger partial charge in [-0.1, -0.05) is 41.9 Å². The minimum Gasteiger partial charge on any atom is -0.295 e. The van der Waals surface area contributed by atoms with E-state index < -0.39 is 5.69 Å². The van der Waals surface area contributed by atoms with E-state index in [0.29, 0.717) is 17.0 Å². The molecule has 3 rings (SSSR count). The van der Waals surface area contributed by atoms with Gasteiger partial charge in [-0.05, 0) is 12.5 Å². The topological polar surface area (TPSA) is 54.5 Å². The smallest absolute Gasteiger partial charge is 0.295 e. The highest BCUT2D eigenvalue weighted by molar-refractivity contribution is 6.34. The summed E-state index contributed by atoms with van der Waals surface area (Å²) < 4.78 is 1.23. The highest BCUT2D eigenvalue weighted by atomic mass is 35.5. The summed E-state index contributed by atoms with van der Waals surface area (Å²) in [6, 6.07) is 9.32. The summed E-state index contributed by atoms with van der Waals surface area (Å²) in [6.07, 6.45) is 0. The van der Waals surface area contributed by atoms with Crippen molar-refractivity contribution in [1.82, 2.24) is 14.4 Å². The zero-order chi connectivity index (χ0) is 14.3. The molecule has 0 atom stereocenters. The van der Waals surface area contributed by atoms with Crippen molar-refractivity contribution in [3.63, 3.8) is 0 Å². The molecule has 0 aliphatic carbocycles. The first-order valence-electron chi connectivity index (χ1n) is 5.87. The van der Waals surface area contributed by atoms with Crippen LogP contribution in [-0.2, 0) is 0 Å². The van der Waals surface area contributed by atoms with Crippen molar-refractivity contribution in [3.8, 4) is 11.1 Å². The van der Waals surface area contributed by atoms with Gasteiger partial charge >= 0.3 is 5.69 Å². The van der Waals surface area contributed by atoms with Crippen LogP contribution in [0.2, 0.25) is 5.15 Å². The summed E-state index contributed by atoms with van der Waals surface area (Å²) in [5.41, 5.74) is 1.62. The van der Waals surface area contributed by atoms with Crippen LogP contribution in [0.15, 0.2) is 35.1 Å². The van der Waals surface area contributed by atoms with Gasteiger partial charge in [0, 0.05) is 5.56 Å². The van der Waals surface area contributed by atoms with Crippen LogP contribution in [0.4, 0.5) is 5.69 Å². The molecule has 1 N–H and O–H groups in total. The van der Waals surface area contributed by atoms with Gasteiger partial charge in [0.2, 0.25) is 5.69 Å². The Hall–Kier alpha value is -2.58. The Bertz CT molecular complexity index is 903. The van der Waals surface area contributed by atoms with E-state index in [-0.39, 0.29) is 10.8 Å². The average Bonchev–Trinajstić information content (AvgIpc) is 2.72. The first kappa shape index (κ1) is 12.5. The fourth-order valence-electron chi connectivity index (χ4n) is 2.18. The van der Waals surface area contributed by atoms with Gasteiger partial charge in [0.1, 0.15) is 16.6 Å². The molecule has 0 amide bonds. The van der Waals surface area contributed by atoms with E-state index in [2.05, 4.69) is 14.8 Å². The van der Waals surface area contributed by atoms with Gasteiger partial charge in [0.15, 0.2) is 0 Å². The molecule has 2 heterocycles. The molecule has 1 aromatic carbocycles. The van der Waals surface area contributed by atoms with Crippen molar-refractivity contribution in [2.24, 2.45) is 0 Å². The van der Waals surface area contributed by atoms with Crippen LogP contribution in [0.25, 0.3) is 21.6 Å². The summed E-state index contributed by atoms with van der Waals surface area (Å²) in [5.74, 6) is 0.477. The molecule has 0 aliphatic rings. The molecule has 0 saturated heterocycles. The van der Waals surface area contributed by atoms with E-state index in [1.165, 1.54) is 4.40 Å². The lowest BCUT2D eigenvalue weighted by atomic mass is 10.1. The summed E-state index contributed by atoms with van der Waals surface area (Å²) in [5, 5.41) is 0.0857. The monoisotopic (exact) mass is 284 g/mol. The Morgan fingerprint density at radius 3 is 2.70 bits per heavy atom. The molecule has 0 bridgehead atoms.